The molecule has 7 heterocycles. The number of anilines is 3. The zero-order chi connectivity index (χ0) is 42.4. The molecule has 2 aliphatic carbocycles. The van der Waals surface area contributed by atoms with Gasteiger partial charge in [0.25, 0.3) is 24.7 Å². The molecule has 0 unspecified atom stereocenters. The number of nitrogens with two attached hydrogens (primary N) is 1. The van der Waals surface area contributed by atoms with Crippen molar-refractivity contribution in [3.05, 3.63) is 95.9 Å². The molecule has 2 spiro atoms. The van der Waals surface area contributed by atoms with Crippen molar-refractivity contribution in [2.24, 2.45) is 16.7 Å². The maximum Gasteiger partial charge on any atom is 0.280 e. The van der Waals surface area contributed by atoms with Crippen LogP contribution in [-0.4, -0.2) is 84.2 Å². The van der Waals surface area contributed by atoms with Gasteiger partial charge >= 0.3 is 0 Å². The summed E-state index contributed by atoms with van der Waals surface area (Å²) in [6, 6.07) is 7.74. The minimum absolute atomic E-state index is 0.0884. The molecule has 4 N–H and O–H groups in total. The van der Waals surface area contributed by atoms with Gasteiger partial charge in [-0.2, -0.15) is 0 Å². The van der Waals surface area contributed by atoms with Gasteiger partial charge in [0, 0.05) is 31.2 Å². The second-order valence-electron chi connectivity index (χ2n) is 15.4. The van der Waals surface area contributed by atoms with Gasteiger partial charge in [-0.05, 0) is 73.6 Å². The lowest BCUT2D eigenvalue weighted by Crippen LogP contribution is -2.41. The molecule has 0 radical (unpaired) electrons. The molecule has 2 amide bonds. The fraction of sp³-hybridized carbons (Fsp3) is 0.425. The summed E-state index contributed by atoms with van der Waals surface area (Å²) in [4.78, 5) is 58.9. The van der Waals surface area contributed by atoms with E-state index in [-0.39, 0.29) is 40.6 Å². The summed E-state index contributed by atoms with van der Waals surface area (Å²) in [6.07, 6.45) is 8.69. The van der Waals surface area contributed by atoms with E-state index in [4.69, 9.17) is 26.8 Å². The SMILES string of the molecule is Nc1cnc(NC(=O)c2cccc(C(F)F)n2)cn1.O=C(CCl)C1CC2(CCOC2)C1.O=C(Nc1cn2cc(C3CC4(CCOC4)C3)nc2cn1)c1cccc(C(F)F)n1. The zero-order valence-electron chi connectivity index (χ0n) is 32.1. The third-order valence-electron chi connectivity index (χ3n) is 11.1. The molecule has 2 saturated carbocycles. The Kier molecular flexibility index (Phi) is 13.0. The van der Waals surface area contributed by atoms with Gasteiger partial charge in [0.15, 0.2) is 17.2 Å². The topological polar surface area (TPSA) is 201 Å². The molecule has 4 fully saturated rings. The molecule has 5 aromatic rings. The van der Waals surface area contributed by atoms with Crippen LogP contribution in [-0.2, 0) is 14.3 Å². The Morgan fingerprint density at radius 2 is 1.33 bits per heavy atom. The van der Waals surface area contributed by atoms with Crippen LogP contribution in [0, 0.1) is 16.7 Å². The fourth-order valence-corrected chi connectivity index (χ4v) is 8.02. The number of hydrogen-bond acceptors (Lipinski definition) is 12. The maximum atomic E-state index is 12.8. The molecule has 4 aliphatic rings. The molecule has 0 atom stereocenters. The highest BCUT2D eigenvalue weighted by atomic mass is 35.5. The quantitative estimate of drug-likeness (QED) is 0.103. The van der Waals surface area contributed by atoms with E-state index in [0.717, 1.165) is 76.7 Å². The number of amides is 2. The van der Waals surface area contributed by atoms with Crippen LogP contribution in [0.4, 0.5) is 35.0 Å². The number of nitrogen functional groups attached to an aromatic ring is 1. The van der Waals surface area contributed by atoms with Crippen molar-refractivity contribution in [2.45, 2.75) is 57.3 Å². The van der Waals surface area contributed by atoms with Crippen molar-refractivity contribution in [3.8, 4) is 0 Å². The van der Waals surface area contributed by atoms with Crippen LogP contribution in [0.3, 0.4) is 0 Å². The van der Waals surface area contributed by atoms with Crippen LogP contribution in [0.1, 0.15) is 95.4 Å². The molecule has 20 heteroatoms. The molecule has 0 aromatic carbocycles. The highest BCUT2D eigenvalue weighted by molar-refractivity contribution is 6.28. The molecular formula is C40H41ClF4N10O5. The highest BCUT2D eigenvalue weighted by Crippen LogP contribution is 2.55. The van der Waals surface area contributed by atoms with Gasteiger partial charge in [-0.3, -0.25) is 14.4 Å². The first kappa shape index (κ1) is 42.5. The van der Waals surface area contributed by atoms with Crippen molar-refractivity contribution >= 4 is 52.3 Å². The molecule has 2 aliphatic heterocycles. The van der Waals surface area contributed by atoms with E-state index in [1.807, 2.05) is 10.6 Å². The number of aromatic nitrogens is 7. The smallest absolute Gasteiger partial charge is 0.280 e. The first-order valence-corrected chi connectivity index (χ1v) is 19.7. The molecule has 15 nitrogen and oxygen atoms in total. The normalized spacial score (nSPS) is 22.7. The van der Waals surface area contributed by atoms with E-state index in [2.05, 4.69) is 40.5 Å². The monoisotopic (exact) mass is 852 g/mol. The Balaban J connectivity index is 0.000000150. The van der Waals surface area contributed by atoms with Crippen LogP contribution in [0.5, 0.6) is 0 Å². The van der Waals surface area contributed by atoms with Crippen molar-refractivity contribution in [1.29, 1.82) is 0 Å². The highest BCUT2D eigenvalue weighted by Gasteiger charge is 2.49. The van der Waals surface area contributed by atoms with E-state index >= 15 is 0 Å². The number of hydrogen-bond donors (Lipinski definition) is 3. The minimum atomic E-state index is -2.73. The van der Waals surface area contributed by atoms with Gasteiger partial charge in [-0.25, -0.2) is 47.5 Å². The second kappa shape index (κ2) is 18.3. The second-order valence-corrected chi connectivity index (χ2v) is 15.6. The number of nitrogens with zero attached hydrogens (tertiary/aromatic N) is 7. The zero-order valence-corrected chi connectivity index (χ0v) is 32.8. The van der Waals surface area contributed by atoms with E-state index in [9.17, 15) is 31.9 Å². The van der Waals surface area contributed by atoms with Crippen molar-refractivity contribution in [3.63, 3.8) is 0 Å². The van der Waals surface area contributed by atoms with Crippen LogP contribution in [0.2, 0.25) is 0 Å². The molecule has 5 aromatic heterocycles. The summed E-state index contributed by atoms with van der Waals surface area (Å²) in [5.74, 6) is 0.462. The van der Waals surface area contributed by atoms with E-state index < -0.39 is 36.1 Å². The number of imidazole rings is 1. The number of fused-ring (bicyclic) bond motifs is 1. The van der Waals surface area contributed by atoms with Crippen LogP contribution >= 0.6 is 11.6 Å². The third kappa shape index (κ3) is 10.0. The van der Waals surface area contributed by atoms with E-state index in [1.165, 1.54) is 42.7 Å². The van der Waals surface area contributed by atoms with Gasteiger partial charge in [-0.15, -0.1) is 11.6 Å². The van der Waals surface area contributed by atoms with Gasteiger partial charge in [-0.1, -0.05) is 12.1 Å². The summed E-state index contributed by atoms with van der Waals surface area (Å²) in [5.41, 5.74) is 6.63. The number of ether oxygens (including phenoxy) is 2. The van der Waals surface area contributed by atoms with Crippen LogP contribution in [0.15, 0.2) is 67.4 Å². The summed E-state index contributed by atoms with van der Waals surface area (Å²) in [6.45, 7) is 3.43. The Morgan fingerprint density at radius 1 is 0.767 bits per heavy atom. The van der Waals surface area contributed by atoms with Crippen molar-refractivity contribution < 1.29 is 41.4 Å². The predicted molar refractivity (Wildman–Crippen MR) is 210 cm³/mol. The van der Waals surface area contributed by atoms with E-state index in [1.54, 1.807) is 12.4 Å². The van der Waals surface area contributed by atoms with Gasteiger partial charge in [0.05, 0.1) is 49.6 Å². The average Bonchev–Trinajstić information content (AvgIpc) is 4.02. The molecule has 316 valence electrons. The Labute approximate surface area is 345 Å². The number of nitrogens with one attached hydrogen (secondary N) is 2. The summed E-state index contributed by atoms with van der Waals surface area (Å²) >= 11 is 5.47. The third-order valence-corrected chi connectivity index (χ3v) is 11.3. The van der Waals surface area contributed by atoms with Crippen LogP contribution < -0.4 is 16.4 Å². The number of alkyl halides is 5. The summed E-state index contributed by atoms with van der Waals surface area (Å²) in [7, 11) is 0. The first-order chi connectivity index (χ1) is 28.8. The Bertz CT molecular complexity index is 2310. The van der Waals surface area contributed by atoms with Crippen molar-refractivity contribution in [2.75, 3.05) is 48.7 Å². The minimum Gasteiger partial charge on any atom is -0.382 e. The standard InChI is InChI=1S/C20H19F2N5O2.C11H9F2N5O.C9H13ClO2/c21-18(22)13-2-1-3-14(24-13)19(28)26-16-10-27-9-15(25-17(27)8-23-16)12-6-20(7-12)4-5-29-11-20;12-10(13)6-2-1-3-7(17-6)11(19)18-9-5-15-8(14)4-16-9;10-5-8(11)7-3-9(4-7)1-2-12-6-9/h1-3,8-10,12,18H,4-7,11H2,(H,26,28);1-5,10H,(H2,14,15)(H,16,18,19);7H,1-6H2. The number of rotatable bonds is 9. The molecule has 9 rings (SSSR count). The lowest BCUT2D eigenvalue weighted by molar-refractivity contribution is -0.127. The fourth-order valence-electron chi connectivity index (χ4n) is 7.80. The number of pyridine rings is 2. The lowest BCUT2D eigenvalue weighted by Gasteiger charge is -2.43. The number of halogens is 5. The first-order valence-electron chi connectivity index (χ1n) is 19.1. The van der Waals surface area contributed by atoms with Gasteiger partial charge in [0.1, 0.15) is 34.4 Å². The maximum absolute atomic E-state index is 12.8. The van der Waals surface area contributed by atoms with E-state index in [0.29, 0.717) is 28.2 Å². The van der Waals surface area contributed by atoms with Crippen molar-refractivity contribution in [1.82, 2.24) is 34.3 Å². The largest absolute Gasteiger partial charge is 0.382 e. The number of carbonyl (C=O) groups is 3. The molecular weight excluding hydrogens is 812 g/mol. The lowest BCUT2D eigenvalue weighted by atomic mass is 9.60. The summed E-state index contributed by atoms with van der Waals surface area (Å²) < 4.78 is 63.1. The molecule has 0 bridgehead atoms. The predicted octanol–water partition coefficient (Wildman–Crippen LogP) is 6.85. The Hall–Kier alpha value is -5.66. The van der Waals surface area contributed by atoms with Crippen LogP contribution in [0.25, 0.3) is 5.65 Å². The number of carbonyl (C=O) groups excluding carboxylic acids is 3. The Morgan fingerprint density at radius 3 is 1.85 bits per heavy atom. The number of Topliss-reactive ketones (excluding diaryl/α,β-unsaturated/α-hetero) is 1. The van der Waals surface area contributed by atoms with Gasteiger partial charge in [0.2, 0.25) is 0 Å². The average molecular weight is 853 g/mol. The van der Waals surface area contributed by atoms with Gasteiger partial charge < -0.3 is 30.2 Å². The molecule has 60 heavy (non-hydrogen) atoms. The number of ketones is 1. The molecule has 2 saturated heterocycles. The summed E-state index contributed by atoms with van der Waals surface area (Å²) in [5, 5.41) is 4.98.